The Morgan fingerprint density at radius 3 is 3.06 bits per heavy atom. The molecule has 0 amide bonds. The molecular weight excluding hydrogens is 210 g/mol. The summed E-state index contributed by atoms with van der Waals surface area (Å²) in [4.78, 5) is 0. The molecule has 1 heterocycles. The average Bonchev–Trinajstić information content (AvgIpc) is 2.41. The van der Waals surface area contributed by atoms with Crippen molar-refractivity contribution < 1.29 is 4.74 Å². The van der Waals surface area contributed by atoms with Crippen molar-refractivity contribution in [3.8, 4) is 5.75 Å². The van der Waals surface area contributed by atoms with E-state index in [2.05, 4.69) is 36.2 Å². The third-order valence-corrected chi connectivity index (χ3v) is 3.58. The van der Waals surface area contributed by atoms with Crippen molar-refractivity contribution in [2.24, 2.45) is 5.92 Å². The standard InChI is InChI=1S/C15H21NO/c1-3-15(13-7-5-9-16-11-13)12-6-4-8-14(10-12)17-2/h3-4,6,8,10,13,15-16H,1,5,7,9,11H2,2H3. The van der Waals surface area contributed by atoms with Gasteiger partial charge >= 0.3 is 0 Å². The van der Waals surface area contributed by atoms with Gasteiger partial charge < -0.3 is 10.1 Å². The third kappa shape index (κ3) is 2.89. The molecular formula is C15H21NO. The molecule has 1 N–H and O–H groups in total. The second kappa shape index (κ2) is 5.87. The Kier molecular flexibility index (Phi) is 4.21. The van der Waals surface area contributed by atoms with Crippen LogP contribution in [0.4, 0.5) is 0 Å². The lowest BCUT2D eigenvalue weighted by molar-refractivity contribution is 0.350. The number of benzene rings is 1. The normalized spacial score (nSPS) is 21.8. The minimum atomic E-state index is 0.429. The number of piperidine rings is 1. The van der Waals surface area contributed by atoms with Crippen LogP contribution in [-0.4, -0.2) is 20.2 Å². The highest BCUT2D eigenvalue weighted by molar-refractivity contribution is 5.33. The zero-order valence-electron chi connectivity index (χ0n) is 10.5. The Balaban J connectivity index is 2.18. The van der Waals surface area contributed by atoms with Crippen molar-refractivity contribution in [1.29, 1.82) is 0 Å². The van der Waals surface area contributed by atoms with Crippen LogP contribution in [0.1, 0.15) is 24.3 Å². The van der Waals surface area contributed by atoms with E-state index in [4.69, 9.17) is 4.74 Å². The van der Waals surface area contributed by atoms with Gasteiger partial charge in [0.05, 0.1) is 7.11 Å². The van der Waals surface area contributed by atoms with Crippen LogP contribution in [0, 0.1) is 5.92 Å². The van der Waals surface area contributed by atoms with E-state index in [0.29, 0.717) is 11.8 Å². The molecule has 0 saturated carbocycles. The van der Waals surface area contributed by atoms with Gasteiger partial charge in [-0.25, -0.2) is 0 Å². The van der Waals surface area contributed by atoms with Crippen LogP contribution >= 0.6 is 0 Å². The fourth-order valence-corrected chi connectivity index (χ4v) is 2.63. The first-order valence-electron chi connectivity index (χ1n) is 6.32. The van der Waals surface area contributed by atoms with Crippen LogP contribution in [0.2, 0.25) is 0 Å². The summed E-state index contributed by atoms with van der Waals surface area (Å²) >= 11 is 0. The van der Waals surface area contributed by atoms with E-state index in [0.717, 1.165) is 18.8 Å². The van der Waals surface area contributed by atoms with Gasteiger partial charge in [0.2, 0.25) is 0 Å². The van der Waals surface area contributed by atoms with E-state index < -0.39 is 0 Å². The molecule has 0 radical (unpaired) electrons. The second-order valence-electron chi connectivity index (χ2n) is 4.64. The quantitative estimate of drug-likeness (QED) is 0.804. The summed E-state index contributed by atoms with van der Waals surface area (Å²) < 4.78 is 5.29. The van der Waals surface area contributed by atoms with Crippen LogP contribution in [0.25, 0.3) is 0 Å². The predicted molar refractivity (Wildman–Crippen MR) is 71.5 cm³/mol. The highest BCUT2D eigenvalue weighted by Crippen LogP contribution is 2.31. The maximum atomic E-state index is 5.29. The van der Waals surface area contributed by atoms with Crippen molar-refractivity contribution in [3.05, 3.63) is 42.5 Å². The van der Waals surface area contributed by atoms with E-state index in [9.17, 15) is 0 Å². The molecule has 2 rings (SSSR count). The van der Waals surface area contributed by atoms with Crippen molar-refractivity contribution in [2.45, 2.75) is 18.8 Å². The van der Waals surface area contributed by atoms with Gasteiger partial charge in [0, 0.05) is 5.92 Å². The highest BCUT2D eigenvalue weighted by atomic mass is 16.5. The second-order valence-corrected chi connectivity index (χ2v) is 4.64. The van der Waals surface area contributed by atoms with Gasteiger partial charge in [-0.1, -0.05) is 18.2 Å². The molecule has 0 aliphatic carbocycles. The maximum absolute atomic E-state index is 5.29. The minimum Gasteiger partial charge on any atom is -0.497 e. The molecule has 0 spiro atoms. The molecule has 2 heteroatoms. The molecule has 0 aromatic heterocycles. The Hall–Kier alpha value is -1.28. The van der Waals surface area contributed by atoms with Gasteiger partial charge in [0.1, 0.15) is 5.75 Å². The Morgan fingerprint density at radius 1 is 1.53 bits per heavy atom. The summed E-state index contributed by atoms with van der Waals surface area (Å²) in [6.45, 7) is 6.24. The zero-order valence-corrected chi connectivity index (χ0v) is 10.5. The number of hydrogen-bond donors (Lipinski definition) is 1. The first-order chi connectivity index (χ1) is 8.35. The molecule has 1 aromatic carbocycles. The number of hydrogen-bond acceptors (Lipinski definition) is 2. The Bertz CT molecular complexity index is 369. The third-order valence-electron chi connectivity index (χ3n) is 3.58. The van der Waals surface area contributed by atoms with Crippen LogP contribution < -0.4 is 10.1 Å². The van der Waals surface area contributed by atoms with Gasteiger partial charge in [-0.15, -0.1) is 6.58 Å². The van der Waals surface area contributed by atoms with Crippen LogP contribution in [0.3, 0.4) is 0 Å². The number of ether oxygens (including phenoxy) is 1. The Labute approximate surface area is 104 Å². The van der Waals surface area contributed by atoms with Gasteiger partial charge in [-0.05, 0) is 49.5 Å². The lowest BCUT2D eigenvalue weighted by Gasteiger charge is -2.29. The van der Waals surface area contributed by atoms with Crippen LogP contribution in [-0.2, 0) is 0 Å². The highest BCUT2D eigenvalue weighted by Gasteiger charge is 2.22. The van der Waals surface area contributed by atoms with Crippen LogP contribution in [0.5, 0.6) is 5.75 Å². The van der Waals surface area contributed by atoms with Gasteiger partial charge in [0.15, 0.2) is 0 Å². The van der Waals surface area contributed by atoms with E-state index in [1.165, 1.54) is 18.4 Å². The minimum absolute atomic E-state index is 0.429. The van der Waals surface area contributed by atoms with E-state index >= 15 is 0 Å². The molecule has 1 aromatic rings. The average molecular weight is 231 g/mol. The molecule has 1 aliphatic heterocycles. The van der Waals surface area contributed by atoms with Crippen molar-refractivity contribution >= 4 is 0 Å². The molecule has 1 fully saturated rings. The summed E-state index contributed by atoms with van der Waals surface area (Å²) in [6.07, 6.45) is 4.62. The largest absolute Gasteiger partial charge is 0.497 e. The van der Waals surface area contributed by atoms with E-state index in [1.54, 1.807) is 7.11 Å². The summed E-state index contributed by atoms with van der Waals surface area (Å²) in [5.41, 5.74) is 1.31. The number of nitrogens with one attached hydrogen (secondary N) is 1. The van der Waals surface area contributed by atoms with E-state index in [-0.39, 0.29) is 0 Å². The predicted octanol–water partition coefficient (Wildman–Crippen LogP) is 2.96. The number of methoxy groups -OCH3 is 1. The lowest BCUT2D eigenvalue weighted by Crippen LogP contribution is -2.32. The zero-order chi connectivity index (χ0) is 12.1. The van der Waals surface area contributed by atoms with Crippen molar-refractivity contribution in [2.75, 3.05) is 20.2 Å². The number of rotatable bonds is 4. The fourth-order valence-electron chi connectivity index (χ4n) is 2.63. The summed E-state index contributed by atoms with van der Waals surface area (Å²) in [5.74, 6) is 2.02. The molecule has 17 heavy (non-hydrogen) atoms. The first kappa shape index (κ1) is 12.2. The maximum Gasteiger partial charge on any atom is 0.119 e. The van der Waals surface area contributed by atoms with Crippen molar-refractivity contribution in [1.82, 2.24) is 5.32 Å². The molecule has 2 atom stereocenters. The molecule has 2 unspecified atom stereocenters. The van der Waals surface area contributed by atoms with Crippen LogP contribution in [0.15, 0.2) is 36.9 Å². The van der Waals surface area contributed by atoms with Gasteiger partial charge in [-0.3, -0.25) is 0 Å². The SMILES string of the molecule is C=CC(c1cccc(OC)c1)C1CCCNC1. The summed E-state index contributed by atoms with van der Waals surface area (Å²) in [5, 5.41) is 3.47. The first-order valence-corrected chi connectivity index (χ1v) is 6.32. The summed E-state index contributed by atoms with van der Waals surface area (Å²) in [6, 6.07) is 8.34. The van der Waals surface area contributed by atoms with Crippen molar-refractivity contribution in [3.63, 3.8) is 0 Å². The monoisotopic (exact) mass is 231 g/mol. The lowest BCUT2D eigenvalue weighted by atomic mass is 9.81. The molecule has 1 saturated heterocycles. The smallest absolute Gasteiger partial charge is 0.119 e. The topological polar surface area (TPSA) is 21.3 Å². The van der Waals surface area contributed by atoms with Gasteiger partial charge in [-0.2, -0.15) is 0 Å². The molecule has 1 aliphatic rings. The molecule has 2 nitrogen and oxygen atoms in total. The summed E-state index contributed by atoms with van der Waals surface area (Å²) in [7, 11) is 1.71. The van der Waals surface area contributed by atoms with E-state index in [1.807, 2.05) is 6.07 Å². The Morgan fingerprint density at radius 2 is 2.41 bits per heavy atom. The molecule has 0 bridgehead atoms. The number of allylic oxidation sites excluding steroid dienone is 1. The van der Waals surface area contributed by atoms with Gasteiger partial charge in [0.25, 0.3) is 0 Å². The fraction of sp³-hybridized carbons (Fsp3) is 0.467. The molecule has 92 valence electrons.